The summed E-state index contributed by atoms with van der Waals surface area (Å²) >= 11 is 1.11. The molecule has 4 heterocycles. The van der Waals surface area contributed by atoms with Crippen molar-refractivity contribution in [1.29, 1.82) is 0 Å². The van der Waals surface area contributed by atoms with Crippen molar-refractivity contribution >= 4 is 36.7 Å². The highest BCUT2D eigenvalue weighted by Crippen LogP contribution is 2.52. The molecule has 5 atom stereocenters. The summed E-state index contributed by atoms with van der Waals surface area (Å²) in [6, 6.07) is 0. The molecule has 27 heavy (non-hydrogen) atoms. The number of rotatable bonds is 4. The number of aromatic amines is 1. The molecule has 1 unspecified atom stereocenters. The zero-order chi connectivity index (χ0) is 19.3. The summed E-state index contributed by atoms with van der Waals surface area (Å²) in [6.07, 6.45) is -4.42. The molecule has 13 nitrogen and oxygen atoms in total. The van der Waals surface area contributed by atoms with Crippen LogP contribution in [0.1, 0.15) is 6.23 Å². The lowest BCUT2D eigenvalue weighted by molar-refractivity contribution is -0.0684. The van der Waals surface area contributed by atoms with Gasteiger partial charge in [0.15, 0.2) is 22.5 Å². The summed E-state index contributed by atoms with van der Waals surface area (Å²) in [4.78, 5) is 32.2. The number of hydrogen-bond donors (Lipinski definition) is 5. The van der Waals surface area contributed by atoms with E-state index < -0.39 is 37.9 Å². The number of H-pyrrole nitrogens is 1. The van der Waals surface area contributed by atoms with Gasteiger partial charge in [0.1, 0.15) is 18.3 Å². The molecule has 148 valence electrons. The number of phosphoric ester groups is 1. The molecular weight excluding hydrogens is 405 g/mol. The molecular formula is C12H16N5O8PS. The van der Waals surface area contributed by atoms with E-state index >= 15 is 0 Å². The van der Waals surface area contributed by atoms with Crippen LogP contribution >= 0.6 is 19.6 Å². The predicted octanol–water partition coefficient (Wildman–Crippen LogP) is -1.44. The Morgan fingerprint density at radius 3 is 2.96 bits per heavy atom. The van der Waals surface area contributed by atoms with E-state index in [4.69, 9.17) is 24.6 Å². The van der Waals surface area contributed by atoms with E-state index in [2.05, 4.69) is 15.0 Å². The van der Waals surface area contributed by atoms with Crippen molar-refractivity contribution in [2.75, 3.05) is 24.7 Å². The van der Waals surface area contributed by atoms with Gasteiger partial charge in [0.05, 0.1) is 13.2 Å². The minimum absolute atomic E-state index is 0.0275. The maximum absolute atomic E-state index is 12.1. The lowest BCUT2D eigenvalue weighted by Gasteiger charge is -2.27. The second-order valence-corrected chi connectivity index (χ2v) is 8.32. The first-order valence-corrected chi connectivity index (χ1v) is 10.3. The maximum atomic E-state index is 12.1. The van der Waals surface area contributed by atoms with Gasteiger partial charge in [0.25, 0.3) is 5.56 Å². The fourth-order valence-electron chi connectivity index (χ4n) is 3.00. The fourth-order valence-corrected chi connectivity index (χ4v) is 4.72. The summed E-state index contributed by atoms with van der Waals surface area (Å²) in [5.74, 6) is 0.106. The van der Waals surface area contributed by atoms with Gasteiger partial charge in [-0.25, -0.2) is 9.55 Å². The van der Waals surface area contributed by atoms with E-state index in [9.17, 15) is 19.4 Å². The zero-order valence-electron chi connectivity index (χ0n) is 13.6. The summed E-state index contributed by atoms with van der Waals surface area (Å²) in [7, 11) is -4.28. The van der Waals surface area contributed by atoms with Crippen LogP contribution in [0.25, 0.3) is 11.2 Å². The molecule has 2 saturated heterocycles. The Morgan fingerprint density at radius 1 is 1.44 bits per heavy atom. The monoisotopic (exact) mass is 421 g/mol. The van der Waals surface area contributed by atoms with Gasteiger partial charge >= 0.3 is 7.82 Å². The van der Waals surface area contributed by atoms with Crippen LogP contribution in [-0.4, -0.2) is 71.9 Å². The smallest absolute Gasteiger partial charge is 0.396 e. The molecule has 6 N–H and O–H groups in total. The minimum Gasteiger partial charge on any atom is -0.396 e. The summed E-state index contributed by atoms with van der Waals surface area (Å²) in [6.45, 7) is -0.405. The van der Waals surface area contributed by atoms with E-state index in [0.717, 1.165) is 11.8 Å². The first-order valence-electron chi connectivity index (χ1n) is 7.81. The Balaban J connectivity index is 1.80. The number of hydrogen-bond acceptors (Lipinski definition) is 11. The highest BCUT2D eigenvalue weighted by molar-refractivity contribution is 7.99. The number of aliphatic hydroxyl groups excluding tert-OH is 2. The third kappa shape index (κ3) is 3.28. The van der Waals surface area contributed by atoms with Crippen LogP contribution in [0.5, 0.6) is 0 Å². The van der Waals surface area contributed by atoms with E-state index in [1.807, 2.05) is 0 Å². The van der Waals surface area contributed by atoms with Crippen molar-refractivity contribution in [2.24, 2.45) is 0 Å². The van der Waals surface area contributed by atoms with Gasteiger partial charge < -0.3 is 25.6 Å². The number of imidazole rings is 1. The van der Waals surface area contributed by atoms with Crippen molar-refractivity contribution in [3.8, 4) is 0 Å². The number of nitrogens with one attached hydrogen (secondary N) is 1. The number of nitrogens with zero attached hydrogens (tertiary/aromatic N) is 3. The number of ether oxygens (including phenoxy) is 1. The molecule has 15 heteroatoms. The summed E-state index contributed by atoms with van der Waals surface area (Å²) < 4.78 is 28.4. The van der Waals surface area contributed by atoms with Crippen molar-refractivity contribution < 1.29 is 33.5 Å². The molecule has 0 spiro atoms. The maximum Gasteiger partial charge on any atom is 0.472 e. The summed E-state index contributed by atoms with van der Waals surface area (Å²) in [5, 5.41) is 20.0. The van der Waals surface area contributed by atoms with Gasteiger partial charge in [-0.2, -0.15) is 4.98 Å². The Bertz CT molecular complexity index is 981. The number of thioether (sulfide) groups is 1. The Kier molecular flexibility index (Phi) is 4.76. The average molecular weight is 421 g/mol. The lowest BCUT2D eigenvalue weighted by Crippen LogP contribution is -2.39. The molecule has 0 amide bonds. The van der Waals surface area contributed by atoms with E-state index in [-0.39, 0.29) is 41.2 Å². The van der Waals surface area contributed by atoms with Crippen molar-refractivity contribution in [3.63, 3.8) is 0 Å². The summed E-state index contributed by atoms with van der Waals surface area (Å²) in [5.41, 5.74) is 5.07. The van der Waals surface area contributed by atoms with Crippen LogP contribution < -0.4 is 11.3 Å². The van der Waals surface area contributed by atoms with Gasteiger partial charge in [0, 0.05) is 5.75 Å². The molecule has 0 aliphatic carbocycles. The molecule has 2 aromatic rings. The topological polar surface area (TPSA) is 195 Å². The number of fused-ring (bicyclic) bond motifs is 2. The largest absolute Gasteiger partial charge is 0.472 e. The Morgan fingerprint density at radius 2 is 2.22 bits per heavy atom. The van der Waals surface area contributed by atoms with Crippen LogP contribution in [0, 0.1) is 0 Å². The second kappa shape index (κ2) is 6.83. The second-order valence-electron chi connectivity index (χ2n) is 5.85. The third-order valence-electron chi connectivity index (χ3n) is 4.08. The fraction of sp³-hybridized carbons (Fsp3) is 0.583. The van der Waals surface area contributed by atoms with Gasteiger partial charge in [0.2, 0.25) is 5.95 Å². The predicted molar refractivity (Wildman–Crippen MR) is 90.9 cm³/mol. The van der Waals surface area contributed by atoms with Crippen molar-refractivity contribution in [3.05, 3.63) is 10.4 Å². The van der Waals surface area contributed by atoms with Crippen LogP contribution in [0.3, 0.4) is 0 Å². The number of aromatic nitrogens is 4. The van der Waals surface area contributed by atoms with Gasteiger partial charge in [-0.15, -0.1) is 0 Å². The number of nitrogen functional groups attached to an aromatic ring is 1. The van der Waals surface area contributed by atoms with Crippen LogP contribution in [0.2, 0.25) is 0 Å². The Hall–Kier alpha value is -1.51. The molecule has 0 saturated carbocycles. The number of phosphoric acid groups is 1. The molecule has 0 aromatic carbocycles. The zero-order valence-corrected chi connectivity index (χ0v) is 15.3. The van der Waals surface area contributed by atoms with Crippen molar-refractivity contribution in [2.45, 2.75) is 29.7 Å². The van der Waals surface area contributed by atoms with Gasteiger partial charge in [-0.1, -0.05) is 11.8 Å². The molecule has 4 rings (SSSR count). The number of aliphatic hydroxyl groups is 2. The average Bonchev–Trinajstić information content (AvgIpc) is 3.10. The standard InChI is InChI=1S/C12H16N5O8PS/c13-11-15-8-5(9(20)16-11)14-12(27-2-1-18)17(8)10-6(19)7-4(24-10)3-23-26(21,22)25-7/h4,6-7,10,18-19H,1-3H2,(H,21,22)(H3,13,15,16,20)/t4-,6-,7-,10-/m1/s1. The highest BCUT2D eigenvalue weighted by Gasteiger charge is 2.53. The number of nitrogens with two attached hydrogens (primary N) is 1. The first kappa shape index (κ1) is 18.8. The van der Waals surface area contributed by atoms with Crippen molar-refractivity contribution in [1.82, 2.24) is 19.5 Å². The molecule has 2 fully saturated rings. The molecule has 0 bridgehead atoms. The third-order valence-corrected chi connectivity index (χ3v) is 6.00. The minimum atomic E-state index is -4.28. The van der Waals surface area contributed by atoms with Gasteiger partial charge in [-0.05, 0) is 0 Å². The molecule has 2 aliphatic heterocycles. The molecule has 2 aromatic heterocycles. The van der Waals surface area contributed by atoms with E-state index in [1.165, 1.54) is 4.57 Å². The molecule has 2 aliphatic rings. The molecule has 0 radical (unpaired) electrons. The lowest BCUT2D eigenvalue weighted by atomic mass is 10.1. The normalized spacial score (nSPS) is 33.4. The quantitative estimate of drug-likeness (QED) is 0.285. The number of anilines is 1. The van der Waals surface area contributed by atoms with Crippen LogP contribution in [-0.2, 0) is 18.3 Å². The SMILES string of the molecule is Nc1nc2c(nc(SCCO)n2[C@@H]2O[C@@H]3COP(=O)(O)O[C@H]3[C@H]2O)c(=O)[nH]1. The first-order chi connectivity index (χ1) is 12.8. The Labute approximate surface area is 155 Å². The highest BCUT2D eigenvalue weighted by atomic mass is 32.2. The van der Waals surface area contributed by atoms with E-state index in [0.29, 0.717) is 0 Å². The van der Waals surface area contributed by atoms with E-state index in [1.54, 1.807) is 0 Å². The van der Waals surface area contributed by atoms with Crippen LogP contribution in [0.15, 0.2) is 9.95 Å². The van der Waals surface area contributed by atoms with Crippen LogP contribution in [0.4, 0.5) is 5.95 Å². The van der Waals surface area contributed by atoms with Gasteiger partial charge in [-0.3, -0.25) is 23.4 Å².